The minimum Gasteiger partial charge on any atom is -0.351 e. The second-order valence-electron chi connectivity index (χ2n) is 5.30. The predicted molar refractivity (Wildman–Crippen MR) is 76.3 cm³/mol. The molecule has 8 nitrogen and oxygen atoms in total. The van der Waals surface area contributed by atoms with E-state index in [9.17, 15) is 28.0 Å². The average Bonchev–Trinajstić information content (AvgIpc) is 2.66. The third-order valence-electron chi connectivity index (χ3n) is 3.57. The number of carbonyl (C=O) groups is 4. The van der Waals surface area contributed by atoms with Crippen molar-refractivity contribution in [1.29, 1.82) is 0 Å². The van der Waals surface area contributed by atoms with Gasteiger partial charge in [-0.1, -0.05) is 6.07 Å². The molecule has 1 saturated heterocycles. The van der Waals surface area contributed by atoms with Crippen molar-refractivity contribution in [3.05, 3.63) is 35.4 Å². The van der Waals surface area contributed by atoms with E-state index in [-0.39, 0.29) is 18.5 Å². The van der Waals surface area contributed by atoms with Gasteiger partial charge in [0.1, 0.15) is 17.2 Å². The maximum Gasteiger partial charge on any atom is 0.325 e. The molecule has 1 aromatic rings. The monoisotopic (exact) mass is 340 g/mol. The Bertz CT molecular complexity index is 739. The number of nitrogens with one attached hydrogen (secondary N) is 2. The molecule has 1 fully saturated rings. The van der Waals surface area contributed by atoms with Crippen LogP contribution in [0.4, 0.5) is 18.4 Å². The summed E-state index contributed by atoms with van der Waals surface area (Å²) in [7, 11) is 0. The van der Waals surface area contributed by atoms with Crippen LogP contribution in [0.15, 0.2) is 18.2 Å². The zero-order valence-electron chi connectivity index (χ0n) is 12.6. The van der Waals surface area contributed by atoms with Gasteiger partial charge in [0.05, 0.1) is 0 Å². The standard InChI is InChI=1S/C14H14F2N4O4/c1-14(8-3-2-7(15)6-9(8)16)11(22)20(13(24)19-14)5-4-10(21)18-12(17)23/h2-3,6H,4-5H2,1H3,(H,19,24)(H3,17,18,21,23). The van der Waals surface area contributed by atoms with E-state index < -0.39 is 41.0 Å². The summed E-state index contributed by atoms with van der Waals surface area (Å²) in [5.74, 6) is -3.38. The van der Waals surface area contributed by atoms with Gasteiger partial charge in [-0.15, -0.1) is 0 Å². The fraction of sp³-hybridized carbons (Fsp3) is 0.286. The smallest absolute Gasteiger partial charge is 0.325 e. The van der Waals surface area contributed by atoms with Gasteiger partial charge < -0.3 is 11.1 Å². The molecule has 1 aliphatic rings. The molecular weight excluding hydrogens is 326 g/mol. The number of urea groups is 2. The first-order valence-corrected chi connectivity index (χ1v) is 6.84. The lowest BCUT2D eigenvalue weighted by atomic mass is 9.91. The van der Waals surface area contributed by atoms with E-state index in [1.54, 1.807) is 5.32 Å². The second kappa shape index (κ2) is 6.22. The minimum atomic E-state index is -1.73. The predicted octanol–water partition coefficient (Wildman–Crippen LogP) is 0.317. The van der Waals surface area contributed by atoms with Crippen molar-refractivity contribution >= 4 is 23.9 Å². The second-order valence-corrected chi connectivity index (χ2v) is 5.30. The highest BCUT2D eigenvalue weighted by Crippen LogP contribution is 2.31. The molecule has 1 heterocycles. The molecule has 0 aliphatic carbocycles. The first kappa shape index (κ1) is 17.3. The normalized spacial score (nSPS) is 20.0. The van der Waals surface area contributed by atoms with Crippen molar-refractivity contribution in [2.75, 3.05) is 6.54 Å². The molecule has 1 aliphatic heterocycles. The Kier molecular flexibility index (Phi) is 4.49. The van der Waals surface area contributed by atoms with Crippen LogP contribution in [-0.2, 0) is 15.1 Å². The Morgan fingerprint density at radius 2 is 2.00 bits per heavy atom. The summed E-state index contributed by atoms with van der Waals surface area (Å²) in [6.45, 7) is 0.940. The van der Waals surface area contributed by atoms with Crippen LogP contribution in [0.3, 0.4) is 0 Å². The third kappa shape index (κ3) is 3.16. The lowest BCUT2D eigenvalue weighted by Crippen LogP contribution is -2.42. The Hall–Kier alpha value is -3.04. The highest BCUT2D eigenvalue weighted by molar-refractivity contribution is 6.07. The molecule has 0 bridgehead atoms. The molecule has 1 atom stereocenters. The topological polar surface area (TPSA) is 122 Å². The summed E-state index contributed by atoms with van der Waals surface area (Å²) in [5.41, 5.74) is 2.85. The quantitative estimate of drug-likeness (QED) is 0.683. The molecule has 0 spiro atoms. The highest BCUT2D eigenvalue weighted by atomic mass is 19.1. The van der Waals surface area contributed by atoms with Crippen LogP contribution in [0.1, 0.15) is 18.9 Å². The van der Waals surface area contributed by atoms with Crippen LogP contribution in [-0.4, -0.2) is 35.3 Å². The first-order chi connectivity index (χ1) is 11.1. The SMILES string of the molecule is CC1(c2ccc(F)cc2F)NC(=O)N(CCC(=O)NC(N)=O)C1=O. The molecule has 10 heteroatoms. The fourth-order valence-corrected chi connectivity index (χ4v) is 2.39. The van der Waals surface area contributed by atoms with Gasteiger partial charge >= 0.3 is 12.1 Å². The van der Waals surface area contributed by atoms with Crippen molar-refractivity contribution in [2.45, 2.75) is 18.9 Å². The van der Waals surface area contributed by atoms with Gasteiger partial charge in [0.15, 0.2) is 0 Å². The van der Waals surface area contributed by atoms with Gasteiger partial charge in [-0.3, -0.25) is 19.8 Å². The van der Waals surface area contributed by atoms with E-state index in [1.807, 2.05) is 0 Å². The maximum atomic E-state index is 14.0. The number of hydrogen-bond donors (Lipinski definition) is 3. The van der Waals surface area contributed by atoms with E-state index in [4.69, 9.17) is 5.73 Å². The van der Waals surface area contributed by atoms with Crippen LogP contribution >= 0.6 is 0 Å². The molecule has 1 unspecified atom stereocenters. The number of imide groups is 2. The zero-order chi connectivity index (χ0) is 18.1. The number of halogens is 2. The number of benzene rings is 1. The summed E-state index contributed by atoms with van der Waals surface area (Å²) >= 11 is 0. The molecule has 2 rings (SSSR count). The Balaban J connectivity index is 2.18. The van der Waals surface area contributed by atoms with E-state index in [1.165, 1.54) is 6.92 Å². The van der Waals surface area contributed by atoms with Gasteiger partial charge in [0.2, 0.25) is 5.91 Å². The number of nitrogens with two attached hydrogens (primary N) is 1. The summed E-state index contributed by atoms with van der Waals surface area (Å²) in [6, 6.07) is 0.731. The van der Waals surface area contributed by atoms with Crippen molar-refractivity contribution in [2.24, 2.45) is 5.73 Å². The number of nitrogens with zero attached hydrogens (tertiary/aromatic N) is 1. The van der Waals surface area contributed by atoms with Gasteiger partial charge in [-0.05, 0) is 13.0 Å². The largest absolute Gasteiger partial charge is 0.351 e. The summed E-state index contributed by atoms with van der Waals surface area (Å²) in [6.07, 6.45) is -0.357. The average molecular weight is 340 g/mol. The Morgan fingerprint density at radius 3 is 2.58 bits per heavy atom. The molecule has 128 valence electrons. The van der Waals surface area contributed by atoms with Crippen molar-refractivity contribution in [1.82, 2.24) is 15.5 Å². The molecule has 24 heavy (non-hydrogen) atoms. The van der Waals surface area contributed by atoms with Crippen LogP contribution < -0.4 is 16.4 Å². The van der Waals surface area contributed by atoms with Crippen LogP contribution in [0, 0.1) is 11.6 Å². The van der Waals surface area contributed by atoms with Crippen molar-refractivity contribution in [3.63, 3.8) is 0 Å². The van der Waals surface area contributed by atoms with E-state index in [0.717, 1.165) is 12.1 Å². The van der Waals surface area contributed by atoms with Gasteiger partial charge in [-0.25, -0.2) is 18.4 Å². The minimum absolute atomic E-state index is 0.202. The summed E-state index contributed by atoms with van der Waals surface area (Å²) in [5, 5.41) is 4.12. The summed E-state index contributed by atoms with van der Waals surface area (Å²) in [4.78, 5) is 47.1. The van der Waals surface area contributed by atoms with E-state index in [0.29, 0.717) is 11.0 Å². The lowest BCUT2D eigenvalue weighted by molar-refractivity contribution is -0.131. The first-order valence-electron chi connectivity index (χ1n) is 6.84. The van der Waals surface area contributed by atoms with E-state index in [2.05, 4.69) is 5.32 Å². The van der Waals surface area contributed by atoms with Crippen LogP contribution in [0.2, 0.25) is 0 Å². The van der Waals surface area contributed by atoms with Crippen LogP contribution in [0.5, 0.6) is 0 Å². The van der Waals surface area contributed by atoms with Crippen molar-refractivity contribution < 1.29 is 28.0 Å². The zero-order valence-corrected chi connectivity index (χ0v) is 12.6. The van der Waals surface area contributed by atoms with Crippen molar-refractivity contribution in [3.8, 4) is 0 Å². The fourth-order valence-electron chi connectivity index (χ4n) is 2.39. The molecule has 0 saturated carbocycles. The lowest BCUT2D eigenvalue weighted by Gasteiger charge is -2.22. The number of hydrogen-bond acceptors (Lipinski definition) is 4. The molecule has 6 amide bonds. The molecular formula is C14H14F2N4O4. The Morgan fingerprint density at radius 1 is 1.33 bits per heavy atom. The number of rotatable bonds is 4. The highest BCUT2D eigenvalue weighted by Gasteiger charge is 2.50. The Labute approximate surface area is 135 Å². The molecule has 0 radical (unpaired) electrons. The van der Waals surface area contributed by atoms with Crippen LogP contribution in [0.25, 0.3) is 0 Å². The van der Waals surface area contributed by atoms with Gasteiger partial charge in [-0.2, -0.15) is 0 Å². The number of amides is 6. The molecule has 0 aromatic heterocycles. The van der Waals surface area contributed by atoms with Gasteiger partial charge in [0, 0.05) is 24.6 Å². The molecule has 4 N–H and O–H groups in total. The third-order valence-corrected chi connectivity index (χ3v) is 3.57. The number of carbonyl (C=O) groups excluding carboxylic acids is 4. The van der Waals surface area contributed by atoms with Gasteiger partial charge in [0.25, 0.3) is 5.91 Å². The number of primary amides is 1. The molecule has 1 aromatic carbocycles. The maximum absolute atomic E-state index is 14.0. The van der Waals surface area contributed by atoms with E-state index >= 15 is 0 Å². The summed E-state index contributed by atoms with van der Waals surface area (Å²) < 4.78 is 27.0.